The molecule has 0 bridgehead atoms. The van der Waals surface area contributed by atoms with Crippen LogP contribution in [0.15, 0.2) is 30.0 Å². The summed E-state index contributed by atoms with van der Waals surface area (Å²) in [5.41, 5.74) is 1.90. The number of nitrogens with one attached hydrogen (secondary N) is 2. The van der Waals surface area contributed by atoms with Crippen molar-refractivity contribution in [2.24, 2.45) is 0 Å². The fourth-order valence-electron chi connectivity index (χ4n) is 2.13. The molecular formula is C16H13Cl2FN4OS2. The zero-order chi connectivity index (χ0) is 18.5. The van der Waals surface area contributed by atoms with Crippen molar-refractivity contribution in [1.29, 1.82) is 0 Å². The van der Waals surface area contributed by atoms with Gasteiger partial charge in [0.1, 0.15) is 6.33 Å². The standard InChI is InChI=1S/C16H13Cl2FN4OS2/c17-10-2-3-11(23-26-5-1-4-19)13(18)15(10)22-16(24)9-7-25-12-6-20-8-21-14(9)12/h2-3,6-8,23H,1,4-5H2,(H,22,24). The Morgan fingerprint density at radius 2 is 2.19 bits per heavy atom. The molecule has 0 aliphatic heterocycles. The summed E-state index contributed by atoms with van der Waals surface area (Å²) >= 11 is 15.3. The van der Waals surface area contributed by atoms with Gasteiger partial charge in [-0.15, -0.1) is 11.3 Å². The number of alkyl halides is 1. The maximum absolute atomic E-state index is 12.7. The van der Waals surface area contributed by atoms with Crippen LogP contribution in [-0.4, -0.2) is 28.3 Å². The van der Waals surface area contributed by atoms with Gasteiger partial charge in [-0.1, -0.05) is 35.1 Å². The molecule has 0 fully saturated rings. The predicted octanol–water partition coefficient (Wildman–Crippen LogP) is 5.67. The Morgan fingerprint density at radius 3 is 3.00 bits per heavy atom. The van der Waals surface area contributed by atoms with Crippen LogP contribution in [0.3, 0.4) is 0 Å². The molecule has 0 unspecified atom stereocenters. The van der Waals surface area contributed by atoms with E-state index in [4.69, 9.17) is 23.2 Å². The van der Waals surface area contributed by atoms with Gasteiger partial charge in [-0.25, -0.2) is 9.97 Å². The van der Waals surface area contributed by atoms with Gasteiger partial charge in [-0.3, -0.25) is 9.18 Å². The lowest BCUT2D eigenvalue weighted by molar-refractivity contribution is 0.102. The van der Waals surface area contributed by atoms with Crippen LogP contribution < -0.4 is 10.0 Å². The summed E-state index contributed by atoms with van der Waals surface area (Å²) in [6, 6.07) is 3.34. The van der Waals surface area contributed by atoms with E-state index < -0.39 is 0 Å². The zero-order valence-electron chi connectivity index (χ0n) is 13.3. The van der Waals surface area contributed by atoms with E-state index in [-0.39, 0.29) is 17.6 Å². The summed E-state index contributed by atoms with van der Waals surface area (Å²) in [6.07, 6.45) is 3.49. The van der Waals surface area contributed by atoms with E-state index in [1.807, 2.05) is 0 Å². The largest absolute Gasteiger partial charge is 0.328 e. The number of carbonyl (C=O) groups excluding carboxylic acids is 1. The van der Waals surface area contributed by atoms with Gasteiger partial charge in [0, 0.05) is 17.3 Å². The Morgan fingerprint density at radius 1 is 1.35 bits per heavy atom. The minimum atomic E-state index is -0.373. The van der Waals surface area contributed by atoms with Crippen LogP contribution in [0.1, 0.15) is 16.8 Å². The molecule has 2 aromatic heterocycles. The van der Waals surface area contributed by atoms with Crippen molar-refractivity contribution in [3.8, 4) is 0 Å². The summed E-state index contributed by atoms with van der Waals surface area (Å²) < 4.78 is 16.0. The molecule has 0 saturated heterocycles. The number of thiophene rings is 1. The fourth-order valence-corrected chi connectivity index (χ4v) is 4.24. The van der Waals surface area contributed by atoms with Crippen LogP contribution in [0.2, 0.25) is 10.0 Å². The minimum Gasteiger partial charge on any atom is -0.328 e. The van der Waals surface area contributed by atoms with Crippen molar-refractivity contribution in [1.82, 2.24) is 9.97 Å². The van der Waals surface area contributed by atoms with Crippen molar-refractivity contribution in [3.05, 3.63) is 45.6 Å². The first-order chi connectivity index (χ1) is 12.6. The molecule has 1 amide bonds. The number of aromatic nitrogens is 2. The van der Waals surface area contributed by atoms with Crippen LogP contribution in [0.5, 0.6) is 0 Å². The number of carbonyl (C=O) groups is 1. The summed E-state index contributed by atoms with van der Waals surface area (Å²) in [6.45, 7) is -0.373. The molecule has 1 aromatic carbocycles. The Bertz CT molecular complexity index is 938. The molecule has 3 aromatic rings. The van der Waals surface area contributed by atoms with E-state index in [1.165, 1.54) is 29.6 Å². The number of hydrogen-bond acceptors (Lipinski definition) is 6. The van der Waals surface area contributed by atoms with Gasteiger partial charge in [0.05, 0.1) is 43.9 Å². The summed E-state index contributed by atoms with van der Waals surface area (Å²) in [5.74, 6) is 0.235. The van der Waals surface area contributed by atoms with Crippen molar-refractivity contribution < 1.29 is 9.18 Å². The zero-order valence-corrected chi connectivity index (χ0v) is 16.4. The Labute approximate surface area is 167 Å². The van der Waals surface area contributed by atoms with Crippen LogP contribution in [0.4, 0.5) is 15.8 Å². The maximum atomic E-state index is 12.7. The highest BCUT2D eigenvalue weighted by atomic mass is 35.5. The van der Waals surface area contributed by atoms with Crippen molar-refractivity contribution >= 4 is 74.0 Å². The molecule has 0 saturated carbocycles. The summed E-state index contributed by atoms with van der Waals surface area (Å²) in [5, 5.41) is 5.06. The predicted molar refractivity (Wildman–Crippen MR) is 109 cm³/mol. The number of fused-ring (bicyclic) bond motifs is 1. The smallest absolute Gasteiger partial charge is 0.258 e. The lowest BCUT2D eigenvalue weighted by Gasteiger charge is -2.13. The molecule has 5 nitrogen and oxygen atoms in total. The third kappa shape index (κ3) is 4.20. The molecule has 26 heavy (non-hydrogen) atoms. The van der Waals surface area contributed by atoms with E-state index in [1.54, 1.807) is 23.7 Å². The van der Waals surface area contributed by atoms with Gasteiger partial charge < -0.3 is 10.0 Å². The van der Waals surface area contributed by atoms with Gasteiger partial charge >= 0.3 is 0 Å². The van der Waals surface area contributed by atoms with Crippen molar-refractivity contribution in [2.45, 2.75) is 6.42 Å². The van der Waals surface area contributed by atoms with E-state index in [0.717, 1.165) is 4.70 Å². The molecule has 2 N–H and O–H groups in total. The van der Waals surface area contributed by atoms with Crippen LogP contribution in [-0.2, 0) is 0 Å². The number of amides is 1. The SMILES string of the molecule is O=C(Nc1c(Cl)ccc(NSCCCF)c1Cl)c1csc2cncnc12. The lowest BCUT2D eigenvalue weighted by atomic mass is 10.2. The summed E-state index contributed by atoms with van der Waals surface area (Å²) in [4.78, 5) is 20.7. The van der Waals surface area contributed by atoms with Crippen molar-refractivity contribution in [2.75, 3.05) is 22.5 Å². The second kappa shape index (κ2) is 8.85. The quantitative estimate of drug-likeness (QED) is 0.373. The van der Waals surface area contributed by atoms with Gasteiger partial charge in [-0.05, 0) is 18.6 Å². The highest BCUT2D eigenvalue weighted by Gasteiger charge is 2.18. The van der Waals surface area contributed by atoms with E-state index >= 15 is 0 Å². The second-order valence-corrected chi connectivity index (χ2v) is 7.71. The number of anilines is 2. The molecular weight excluding hydrogens is 418 g/mol. The molecule has 0 atom stereocenters. The monoisotopic (exact) mass is 430 g/mol. The van der Waals surface area contributed by atoms with Crippen LogP contribution in [0, 0.1) is 0 Å². The lowest BCUT2D eigenvalue weighted by Crippen LogP contribution is -2.12. The normalized spacial score (nSPS) is 10.9. The average Bonchev–Trinajstić information content (AvgIpc) is 3.08. The van der Waals surface area contributed by atoms with Gasteiger partial charge in [-0.2, -0.15) is 0 Å². The minimum absolute atomic E-state index is 0.285. The number of benzene rings is 1. The van der Waals surface area contributed by atoms with Crippen LogP contribution in [0.25, 0.3) is 10.2 Å². The number of nitrogens with zero attached hydrogens (tertiary/aromatic N) is 2. The molecule has 10 heteroatoms. The highest BCUT2D eigenvalue weighted by Crippen LogP contribution is 2.38. The Kier molecular flexibility index (Phi) is 6.53. The average molecular weight is 431 g/mol. The molecule has 3 rings (SSSR count). The Balaban J connectivity index is 1.81. The van der Waals surface area contributed by atoms with Gasteiger partial charge in [0.15, 0.2) is 0 Å². The number of rotatable bonds is 7. The van der Waals surface area contributed by atoms with E-state index in [0.29, 0.717) is 39.7 Å². The van der Waals surface area contributed by atoms with Crippen molar-refractivity contribution in [3.63, 3.8) is 0 Å². The fraction of sp³-hybridized carbons (Fsp3) is 0.188. The van der Waals surface area contributed by atoms with E-state index in [2.05, 4.69) is 20.0 Å². The summed E-state index contributed by atoms with van der Waals surface area (Å²) in [7, 11) is 0. The second-order valence-electron chi connectivity index (χ2n) is 5.12. The third-order valence-corrected chi connectivity index (χ3v) is 5.84. The molecule has 2 heterocycles. The topological polar surface area (TPSA) is 66.9 Å². The van der Waals surface area contributed by atoms with Gasteiger partial charge in [0.25, 0.3) is 5.91 Å². The molecule has 0 aliphatic carbocycles. The molecule has 0 aliphatic rings. The van der Waals surface area contributed by atoms with Crippen LogP contribution >= 0.6 is 46.5 Å². The number of hydrogen-bond donors (Lipinski definition) is 2. The molecule has 0 radical (unpaired) electrons. The first-order valence-electron chi connectivity index (χ1n) is 7.52. The molecule has 136 valence electrons. The highest BCUT2D eigenvalue weighted by molar-refractivity contribution is 8.00. The third-order valence-electron chi connectivity index (χ3n) is 3.37. The van der Waals surface area contributed by atoms with Gasteiger partial charge in [0.2, 0.25) is 0 Å². The Hall–Kier alpha value is -1.61. The molecule has 0 spiro atoms. The maximum Gasteiger partial charge on any atom is 0.258 e. The first-order valence-corrected chi connectivity index (χ1v) is 10.1. The first kappa shape index (κ1) is 19.2. The number of halogens is 3. The van der Waals surface area contributed by atoms with E-state index in [9.17, 15) is 9.18 Å².